The molecule has 2 aliphatic heterocycles. The van der Waals surface area contributed by atoms with Crippen molar-refractivity contribution in [2.24, 2.45) is 5.84 Å². The predicted molar refractivity (Wildman–Crippen MR) is 149 cm³/mol. The number of carbonyl (C=O) groups is 3. The maximum Gasteiger partial charge on any atom is 0.416 e. The topological polar surface area (TPSA) is 170 Å². The Hall–Kier alpha value is -4.50. The molecule has 1 atom stereocenters. The highest BCUT2D eigenvalue weighted by molar-refractivity contribution is 7.95. The number of Topliss-reactive ketones (excluding diaryl/α,β-unsaturated/α-hetero) is 1. The number of allylic oxidation sites excluding steroid dienone is 1. The first-order valence-corrected chi connectivity index (χ1v) is 14.5. The second-order valence-corrected chi connectivity index (χ2v) is 12.7. The monoisotopic (exact) mass is 619 g/mol. The molecule has 4 rings (SSSR count). The lowest BCUT2D eigenvalue weighted by Gasteiger charge is -2.28. The number of nitrogens with one attached hydrogen (secondary N) is 3. The van der Waals surface area contributed by atoms with E-state index in [1.165, 1.54) is 24.4 Å². The smallest absolute Gasteiger partial charge is 0.416 e. The van der Waals surface area contributed by atoms with Crippen LogP contribution in [-0.2, 0) is 36.8 Å². The molecule has 0 radical (unpaired) electrons. The first-order valence-electron chi connectivity index (χ1n) is 12.8. The van der Waals surface area contributed by atoms with Crippen molar-refractivity contribution in [1.82, 2.24) is 21.0 Å². The minimum atomic E-state index is -4.48. The summed E-state index contributed by atoms with van der Waals surface area (Å²) in [6.07, 6.45) is -1.74. The van der Waals surface area contributed by atoms with Crippen LogP contribution >= 0.6 is 0 Å². The van der Waals surface area contributed by atoms with Crippen LogP contribution < -0.4 is 21.9 Å². The summed E-state index contributed by atoms with van der Waals surface area (Å²) in [6, 6.07) is 6.13. The van der Waals surface area contributed by atoms with Crippen molar-refractivity contribution in [3.63, 3.8) is 0 Å². The number of amides is 2. The standard InChI is InChI=1S/C28H28F3N5O6S/c1-27(2,3)42-26(39)35-21-14-43(40,41)25-22(23(21)37)17(11-18(13-34-25)24(38)36-32)10-15-4-9-20(33-12-15)16-5-7-19(8-6-16)28(29,30)31/h4-9,11-13,21,34H,10,14,32H2,1-3H3,(H,35,39)(H,36,38)/t21-/m0/s1. The molecule has 0 fully saturated rings. The maximum atomic E-state index is 13.7. The highest BCUT2D eigenvalue weighted by Crippen LogP contribution is 2.33. The van der Waals surface area contributed by atoms with E-state index >= 15 is 0 Å². The van der Waals surface area contributed by atoms with Crippen LogP contribution in [0.15, 0.2) is 76.6 Å². The fourth-order valence-corrected chi connectivity index (χ4v) is 6.01. The number of ketones is 1. The van der Waals surface area contributed by atoms with Gasteiger partial charge < -0.3 is 15.4 Å². The summed E-state index contributed by atoms with van der Waals surface area (Å²) in [5.41, 5.74) is 1.29. The highest BCUT2D eigenvalue weighted by Gasteiger charge is 2.42. The van der Waals surface area contributed by atoms with Crippen LogP contribution in [0.4, 0.5) is 18.0 Å². The van der Waals surface area contributed by atoms with Crippen LogP contribution in [0.3, 0.4) is 0 Å². The van der Waals surface area contributed by atoms with Gasteiger partial charge in [0.25, 0.3) is 5.91 Å². The Morgan fingerprint density at radius 3 is 2.35 bits per heavy atom. The number of aromatic nitrogens is 1. The van der Waals surface area contributed by atoms with E-state index in [9.17, 15) is 36.0 Å². The molecule has 0 bridgehead atoms. The highest BCUT2D eigenvalue weighted by atomic mass is 32.2. The van der Waals surface area contributed by atoms with Crippen molar-refractivity contribution < 1.29 is 40.7 Å². The lowest BCUT2D eigenvalue weighted by atomic mass is 9.92. The quantitative estimate of drug-likeness (QED) is 0.223. The van der Waals surface area contributed by atoms with E-state index in [4.69, 9.17) is 10.6 Å². The number of nitrogens with zero attached hydrogens (tertiary/aromatic N) is 1. The number of alkyl halides is 3. The van der Waals surface area contributed by atoms with Crippen molar-refractivity contribution in [2.45, 2.75) is 45.0 Å². The third-order valence-electron chi connectivity index (χ3n) is 6.31. The molecule has 2 amide bonds. The molecule has 0 unspecified atom stereocenters. The van der Waals surface area contributed by atoms with E-state index in [1.54, 1.807) is 32.9 Å². The number of pyridine rings is 1. The molecular weight excluding hydrogens is 591 g/mol. The van der Waals surface area contributed by atoms with Crippen molar-refractivity contribution >= 4 is 27.6 Å². The van der Waals surface area contributed by atoms with Crippen LogP contribution in [0.2, 0.25) is 0 Å². The number of sulfone groups is 1. The number of alkyl carbamates (subject to hydrolysis) is 1. The summed E-state index contributed by atoms with van der Waals surface area (Å²) in [5.74, 6) is 3.03. The Morgan fingerprint density at radius 1 is 1.12 bits per heavy atom. The Morgan fingerprint density at radius 2 is 1.79 bits per heavy atom. The van der Waals surface area contributed by atoms with Crippen LogP contribution in [0, 0.1) is 0 Å². The maximum absolute atomic E-state index is 13.7. The fraction of sp³-hybridized carbons (Fsp3) is 0.286. The Labute approximate surface area is 245 Å². The normalized spacial score (nSPS) is 18.4. The number of benzene rings is 1. The van der Waals surface area contributed by atoms with Gasteiger partial charge in [-0.2, -0.15) is 13.2 Å². The number of carbonyl (C=O) groups excluding carboxylic acids is 3. The second kappa shape index (κ2) is 11.6. The van der Waals surface area contributed by atoms with Gasteiger partial charge in [-0.05, 0) is 62.6 Å². The lowest BCUT2D eigenvalue weighted by Crippen LogP contribution is -2.51. The van der Waals surface area contributed by atoms with Crippen LogP contribution in [0.1, 0.15) is 31.9 Å². The van der Waals surface area contributed by atoms with Crippen molar-refractivity contribution in [3.8, 4) is 11.3 Å². The zero-order valence-electron chi connectivity index (χ0n) is 23.2. The Kier molecular flexibility index (Phi) is 8.51. The minimum Gasteiger partial charge on any atom is -0.444 e. The molecule has 5 N–H and O–H groups in total. The molecule has 0 spiro atoms. The first-order chi connectivity index (χ1) is 20.0. The third-order valence-corrected chi connectivity index (χ3v) is 8.02. The Balaban J connectivity index is 1.69. The molecular formula is C28H28F3N5O6S. The average Bonchev–Trinajstić information content (AvgIpc) is 3.11. The van der Waals surface area contributed by atoms with E-state index in [1.807, 2.05) is 5.43 Å². The van der Waals surface area contributed by atoms with Gasteiger partial charge >= 0.3 is 12.3 Å². The van der Waals surface area contributed by atoms with Crippen LogP contribution in [0.5, 0.6) is 0 Å². The van der Waals surface area contributed by atoms with Crippen LogP contribution in [-0.4, -0.2) is 48.6 Å². The van der Waals surface area contributed by atoms with Crippen molar-refractivity contribution in [3.05, 3.63) is 87.7 Å². The molecule has 1 aromatic heterocycles. The Bertz CT molecular complexity index is 1660. The molecule has 0 saturated heterocycles. The lowest BCUT2D eigenvalue weighted by molar-refractivity contribution is -0.137. The van der Waals surface area contributed by atoms with E-state index in [-0.39, 0.29) is 23.1 Å². The van der Waals surface area contributed by atoms with Gasteiger partial charge in [-0.3, -0.25) is 20.0 Å². The number of hydrogen-bond donors (Lipinski definition) is 4. The first kappa shape index (κ1) is 31.4. The van der Waals surface area contributed by atoms with E-state index < -0.39 is 61.8 Å². The molecule has 43 heavy (non-hydrogen) atoms. The molecule has 0 saturated carbocycles. The number of rotatable bonds is 5. The average molecular weight is 620 g/mol. The largest absolute Gasteiger partial charge is 0.444 e. The zero-order valence-corrected chi connectivity index (χ0v) is 24.0. The molecule has 228 valence electrons. The number of halogens is 3. The van der Waals surface area contributed by atoms with Gasteiger partial charge in [-0.25, -0.2) is 19.1 Å². The van der Waals surface area contributed by atoms with Gasteiger partial charge in [0.15, 0.2) is 15.6 Å². The number of hydrazine groups is 1. The molecule has 15 heteroatoms. The van der Waals surface area contributed by atoms with Gasteiger partial charge in [-0.1, -0.05) is 18.2 Å². The molecule has 1 aromatic carbocycles. The summed E-state index contributed by atoms with van der Waals surface area (Å²) in [5, 5.41) is 4.42. The van der Waals surface area contributed by atoms with Gasteiger partial charge in [-0.15, -0.1) is 0 Å². The summed E-state index contributed by atoms with van der Waals surface area (Å²) < 4.78 is 70.5. The van der Waals surface area contributed by atoms with Crippen molar-refractivity contribution in [2.75, 3.05) is 5.75 Å². The number of ether oxygens (including phenoxy) is 1. The van der Waals surface area contributed by atoms with Gasteiger partial charge in [0.1, 0.15) is 16.7 Å². The molecule has 0 aliphatic carbocycles. The van der Waals surface area contributed by atoms with E-state index in [2.05, 4.69) is 15.6 Å². The van der Waals surface area contributed by atoms with Gasteiger partial charge in [0, 0.05) is 18.0 Å². The summed E-state index contributed by atoms with van der Waals surface area (Å²) in [6.45, 7) is 4.82. The zero-order chi connectivity index (χ0) is 31.7. The van der Waals surface area contributed by atoms with E-state index in [0.29, 0.717) is 16.8 Å². The minimum absolute atomic E-state index is 0.0825. The number of nitrogens with two attached hydrogens (primary N) is 1. The fourth-order valence-electron chi connectivity index (χ4n) is 4.39. The summed E-state index contributed by atoms with van der Waals surface area (Å²) in [4.78, 5) is 42.8. The van der Waals surface area contributed by atoms with Crippen molar-refractivity contribution in [1.29, 1.82) is 0 Å². The summed E-state index contributed by atoms with van der Waals surface area (Å²) >= 11 is 0. The van der Waals surface area contributed by atoms with Crippen LogP contribution in [0.25, 0.3) is 11.3 Å². The second-order valence-electron chi connectivity index (χ2n) is 10.7. The number of hydrogen-bond acceptors (Lipinski definition) is 9. The third kappa shape index (κ3) is 7.29. The molecule has 2 aliphatic rings. The van der Waals surface area contributed by atoms with Gasteiger partial charge in [0.2, 0.25) is 0 Å². The molecule has 11 nitrogen and oxygen atoms in total. The van der Waals surface area contributed by atoms with E-state index in [0.717, 1.165) is 18.3 Å². The predicted octanol–water partition coefficient (Wildman–Crippen LogP) is 2.82. The SMILES string of the molecule is CC(C)(C)OC(=O)N[C@H]1CS(=O)(=O)C2=C(C1=O)C(Cc1ccc(-c3ccc(C(F)(F)F)cc3)nc1)=CC(C(=O)NN)=CN2. The molecule has 3 heterocycles. The van der Waals surface area contributed by atoms with Gasteiger partial charge in [0.05, 0.1) is 28.2 Å². The molecule has 2 aromatic rings. The summed E-state index contributed by atoms with van der Waals surface area (Å²) in [7, 11) is -4.18.